The summed E-state index contributed by atoms with van der Waals surface area (Å²) in [4.78, 5) is 0. The first-order valence-electron chi connectivity index (χ1n) is 6.93. The molecule has 0 spiro atoms. The summed E-state index contributed by atoms with van der Waals surface area (Å²) in [5.74, 6) is -0.292. The second kappa shape index (κ2) is 6.69. The average Bonchev–Trinajstić information content (AvgIpc) is 2.78. The van der Waals surface area contributed by atoms with E-state index in [1.807, 2.05) is 0 Å². The fourth-order valence-electron chi connectivity index (χ4n) is 2.65. The highest BCUT2D eigenvalue weighted by Gasteiger charge is 2.29. The van der Waals surface area contributed by atoms with Gasteiger partial charge in [-0.15, -0.1) is 0 Å². The number of hydrogen-bond acceptors (Lipinski definition) is 2. The number of ether oxygens (including phenoxy) is 1. The molecule has 0 bridgehead atoms. The first-order chi connectivity index (χ1) is 9.10. The molecule has 1 heterocycles. The molecule has 2 nitrogen and oxygen atoms in total. The summed E-state index contributed by atoms with van der Waals surface area (Å²) in [7, 11) is 0. The van der Waals surface area contributed by atoms with E-state index in [-0.39, 0.29) is 18.0 Å². The highest BCUT2D eigenvalue weighted by Crippen LogP contribution is 2.26. The summed E-state index contributed by atoms with van der Waals surface area (Å²) >= 11 is 6.10. The van der Waals surface area contributed by atoms with Crippen LogP contribution in [0.5, 0.6) is 0 Å². The maximum atomic E-state index is 13.1. The van der Waals surface area contributed by atoms with Gasteiger partial charge in [-0.1, -0.05) is 24.6 Å². The van der Waals surface area contributed by atoms with Crippen molar-refractivity contribution < 1.29 is 9.13 Å². The van der Waals surface area contributed by atoms with Crippen molar-refractivity contribution in [1.29, 1.82) is 0 Å². The van der Waals surface area contributed by atoms with Gasteiger partial charge in [-0.05, 0) is 50.4 Å². The Morgan fingerprint density at radius 3 is 2.84 bits per heavy atom. The van der Waals surface area contributed by atoms with E-state index in [1.165, 1.54) is 12.1 Å². The molecular weight excluding hydrogens is 265 g/mol. The molecule has 0 saturated carbocycles. The molecule has 19 heavy (non-hydrogen) atoms. The van der Waals surface area contributed by atoms with Gasteiger partial charge >= 0.3 is 0 Å². The van der Waals surface area contributed by atoms with E-state index in [0.717, 1.165) is 31.4 Å². The van der Waals surface area contributed by atoms with E-state index >= 15 is 0 Å². The fourth-order valence-corrected chi connectivity index (χ4v) is 2.90. The zero-order valence-corrected chi connectivity index (χ0v) is 12.2. The van der Waals surface area contributed by atoms with Crippen molar-refractivity contribution in [3.63, 3.8) is 0 Å². The van der Waals surface area contributed by atoms with Crippen LogP contribution in [0.4, 0.5) is 4.39 Å². The Morgan fingerprint density at radius 1 is 1.47 bits per heavy atom. The van der Waals surface area contributed by atoms with E-state index < -0.39 is 0 Å². The Bertz CT molecular complexity index is 427. The molecule has 1 aromatic rings. The quantitative estimate of drug-likeness (QED) is 0.893. The van der Waals surface area contributed by atoms with E-state index in [0.29, 0.717) is 11.1 Å². The molecule has 3 unspecified atom stereocenters. The van der Waals surface area contributed by atoms with Gasteiger partial charge in [0.25, 0.3) is 0 Å². The van der Waals surface area contributed by atoms with Gasteiger partial charge < -0.3 is 10.1 Å². The van der Waals surface area contributed by atoms with Gasteiger partial charge in [0.15, 0.2) is 0 Å². The largest absolute Gasteiger partial charge is 0.374 e. The number of likely N-dealkylation sites (N-methyl/N-ethyl adjacent to an activating group) is 1. The van der Waals surface area contributed by atoms with Crippen LogP contribution in [0.15, 0.2) is 18.2 Å². The summed E-state index contributed by atoms with van der Waals surface area (Å²) in [6, 6.07) is 4.83. The van der Waals surface area contributed by atoms with Crippen molar-refractivity contribution >= 4 is 11.6 Å². The lowest BCUT2D eigenvalue weighted by Crippen LogP contribution is -2.41. The van der Waals surface area contributed by atoms with Crippen molar-refractivity contribution in [3.05, 3.63) is 34.6 Å². The molecule has 1 aliphatic rings. The van der Waals surface area contributed by atoms with Gasteiger partial charge in [0.05, 0.1) is 12.2 Å². The Labute approximate surface area is 119 Å². The average molecular weight is 286 g/mol. The van der Waals surface area contributed by atoms with Crippen molar-refractivity contribution in [2.24, 2.45) is 0 Å². The van der Waals surface area contributed by atoms with Crippen LogP contribution in [0.3, 0.4) is 0 Å². The first-order valence-corrected chi connectivity index (χ1v) is 7.30. The number of rotatable bonds is 5. The Morgan fingerprint density at radius 2 is 2.26 bits per heavy atom. The van der Waals surface area contributed by atoms with E-state index in [1.54, 1.807) is 6.07 Å². The lowest BCUT2D eigenvalue weighted by atomic mass is 9.99. The van der Waals surface area contributed by atoms with E-state index in [4.69, 9.17) is 16.3 Å². The first kappa shape index (κ1) is 14.8. The van der Waals surface area contributed by atoms with Crippen molar-refractivity contribution in [2.45, 2.75) is 51.4 Å². The topological polar surface area (TPSA) is 21.3 Å². The second-order valence-electron chi connectivity index (χ2n) is 5.17. The predicted octanol–water partition coefficient (Wildman–Crippen LogP) is 3.57. The van der Waals surface area contributed by atoms with Gasteiger partial charge in [-0.3, -0.25) is 0 Å². The lowest BCUT2D eigenvalue weighted by molar-refractivity contribution is 0.0324. The number of halogens is 2. The van der Waals surface area contributed by atoms with Crippen LogP contribution in [0.2, 0.25) is 5.02 Å². The molecular formula is C15H21ClFNO. The molecule has 0 aromatic heterocycles. The van der Waals surface area contributed by atoms with Crippen LogP contribution in [0.1, 0.15) is 32.3 Å². The van der Waals surface area contributed by atoms with Crippen molar-refractivity contribution in [3.8, 4) is 0 Å². The number of nitrogens with one attached hydrogen (secondary N) is 1. The van der Waals surface area contributed by atoms with Gasteiger partial charge in [0, 0.05) is 11.1 Å². The van der Waals surface area contributed by atoms with Gasteiger partial charge in [0.1, 0.15) is 5.82 Å². The van der Waals surface area contributed by atoms with Crippen LogP contribution < -0.4 is 5.32 Å². The zero-order chi connectivity index (χ0) is 13.8. The number of hydrogen-bond donors (Lipinski definition) is 1. The summed E-state index contributed by atoms with van der Waals surface area (Å²) in [5, 5.41) is 3.95. The van der Waals surface area contributed by atoms with Crippen LogP contribution in [-0.2, 0) is 11.2 Å². The molecule has 2 rings (SSSR count). The molecule has 4 heteroatoms. The molecule has 3 atom stereocenters. The molecule has 1 N–H and O–H groups in total. The predicted molar refractivity (Wildman–Crippen MR) is 76.1 cm³/mol. The smallest absolute Gasteiger partial charge is 0.124 e. The van der Waals surface area contributed by atoms with Crippen LogP contribution in [0.25, 0.3) is 0 Å². The van der Waals surface area contributed by atoms with Crippen molar-refractivity contribution in [2.75, 3.05) is 6.54 Å². The van der Waals surface area contributed by atoms with Gasteiger partial charge in [-0.2, -0.15) is 0 Å². The highest BCUT2D eigenvalue weighted by molar-refractivity contribution is 6.31. The summed E-state index contributed by atoms with van der Waals surface area (Å²) < 4.78 is 19.0. The van der Waals surface area contributed by atoms with E-state index in [2.05, 4.69) is 19.2 Å². The molecule has 1 aromatic carbocycles. The van der Waals surface area contributed by atoms with Crippen LogP contribution in [0, 0.1) is 5.82 Å². The third-order valence-electron chi connectivity index (χ3n) is 3.63. The minimum absolute atomic E-state index is 0.219. The molecule has 1 saturated heterocycles. The zero-order valence-electron chi connectivity index (χ0n) is 11.5. The molecule has 1 aliphatic heterocycles. The second-order valence-corrected chi connectivity index (χ2v) is 5.57. The maximum Gasteiger partial charge on any atom is 0.124 e. The molecule has 0 radical (unpaired) electrons. The third kappa shape index (κ3) is 3.91. The maximum absolute atomic E-state index is 13.1. The van der Waals surface area contributed by atoms with Crippen LogP contribution >= 0.6 is 11.6 Å². The Hall–Kier alpha value is -0.640. The Kier molecular flexibility index (Phi) is 5.20. The molecule has 0 aliphatic carbocycles. The molecule has 1 fully saturated rings. The highest BCUT2D eigenvalue weighted by atomic mass is 35.5. The third-order valence-corrected chi connectivity index (χ3v) is 3.99. The Balaban J connectivity index is 2.07. The van der Waals surface area contributed by atoms with E-state index in [9.17, 15) is 4.39 Å². The summed E-state index contributed by atoms with van der Waals surface area (Å²) in [6.07, 6.45) is 3.48. The SMILES string of the molecule is CCNC(Cc1ccc(F)cc1Cl)C1CCC(C)O1. The summed E-state index contributed by atoms with van der Waals surface area (Å²) in [6.45, 7) is 5.07. The lowest BCUT2D eigenvalue weighted by Gasteiger charge is -2.25. The van der Waals surface area contributed by atoms with Gasteiger partial charge in [-0.25, -0.2) is 4.39 Å². The summed E-state index contributed by atoms with van der Waals surface area (Å²) in [5.41, 5.74) is 0.970. The standard InChI is InChI=1S/C15H21ClFNO/c1-3-18-14(15-7-4-10(2)19-15)8-11-5-6-12(17)9-13(11)16/h5-6,9-10,14-15,18H,3-4,7-8H2,1-2H3. The van der Waals surface area contributed by atoms with Crippen LogP contribution in [-0.4, -0.2) is 24.8 Å². The molecule has 0 amide bonds. The monoisotopic (exact) mass is 285 g/mol. The normalized spacial score (nSPS) is 24.6. The minimum Gasteiger partial charge on any atom is -0.374 e. The molecule has 106 valence electrons. The number of benzene rings is 1. The minimum atomic E-state index is -0.292. The van der Waals surface area contributed by atoms with Gasteiger partial charge in [0.2, 0.25) is 0 Å². The van der Waals surface area contributed by atoms with Crippen molar-refractivity contribution in [1.82, 2.24) is 5.32 Å². The fraction of sp³-hybridized carbons (Fsp3) is 0.600.